The maximum Gasteiger partial charge on any atom is 0.253 e. The lowest BCUT2D eigenvalue weighted by atomic mass is 9.94. The molecule has 0 spiro atoms. The summed E-state index contributed by atoms with van der Waals surface area (Å²) in [6.07, 6.45) is 5.89. The molecular formula is C25H28N4O2. The lowest BCUT2D eigenvalue weighted by Gasteiger charge is -2.39. The number of hydrogen-bond acceptors (Lipinski definition) is 4. The summed E-state index contributed by atoms with van der Waals surface area (Å²) >= 11 is 0. The average molecular weight is 417 g/mol. The van der Waals surface area contributed by atoms with Gasteiger partial charge < -0.3 is 10.2 Å². The molecule has 1 aromatic carbocycles. The van der Waals surface area contributed by atoms with Crippen LogP contribution < -0.4 is 5.32 Å². The summed E-state index contributed by atoms with van der Waals surface area (Å²) in [6.45, 7) is 8.24. The molecule has 0 atom stereocenters. The number of nitrogens with one attached hydrogen (secondary N) is 1. The van der Waals surface area contributed by atoms with E-state index in [9.17, 15) is 9.59 Å². The molecule has 0 aliphatic carbocycles. The Morgan fingerprint density at radius 1 is 1.13 bits per heavy atom. The number of pyridine rings is 2. The van der Waals surface area contributed by atoms with Crippen LogP contribution in [0.3, 0.4) is 0 Å². The van der Waals surface area contributed by atoms with Crippen molar-refractivity contribution in [2.45, 2.75) is 33.1 Å². The lowest BCUT2D eigenvalue weighted by molar-refractivity contribution is 0.0498. The third-order valence-electron chi connectivity index (χ3n) is 5.94. The minimum absolute atomic E-state index is 0.0111. The maximum atomic E-state index is 13.1. The second kappa shape index (κ2) is 8.84. The highest BCUT2D eigenvalue weighted by atomic mass is 16.2. The fourth-order valence-electron chi connectivity index (χ4n) is 4.09. The SMILES string of the molecule is CCc1cc(C(=O)NCC2CN(C(=O)c3ccncc3)C2)c2nccc(C(C)C)c2c1. The molecule has 31 heavy (non-hydrogen) atoms. The number of aromatic nitrogens is 2. The van der Waals surface area contributed by atoms with Crippen molar-refractivity contribution in [2.75, 3.05) is 19.6 Å². The van der Waals surface area contributed by atoms with Gasteiger partial charge in [-0.2, -0.15) is 0 Å². The van der Waals surface area contributed by atoms with Gasteiger partial charge >= 0.3 is 0 Å². The summed E-state index contributed by atoms with van der Waals surface area (Å²) in [5.41, 5.74) is 4.36. The zero-order valence-corrected chi connectivity index (χ0v) is 18.3. The number of fused-ring (bicyclic) bond motifs is 1. The number of aryl methyl sites for hydroxylation is 1. The summed E-state index contributed by atoms with van der Waals surface area (Å²) in [6, 6.07) is 9.60. The molecule has 1 N–H and O–H groups in total. The Labute approximate surface area is 182 Å². The lowest BCUT2D eigenvalue weighted by Crippen LogP contribution is -2.53. The summed E-state index contributed by atoms with van der Waals surface area (Å²) in [4.78, 5) is 35.8. The van der Waals surface area contributed by atoms with E-state index < -0.39 is 0 Å². The average Bonchev–Trinajstić information content (AvgIpc) is 2.76. The molecule has 2 amide bonds. The van der Waals surface area contributed by atoms with Crippen molar-refractivity contribution in [1.82, 2.24) is 20.2 Å². The molecule has 3 aromatic rings. The number of nitrogens with zero attached hydrogens (tertiary/aromatic N) is 3. The molecule has 1 aliphatic heterocycles. The van der Waals surface area contributed by atoms with Crippen molar-refractivity contribution < 1.29 is 9.59 Å². The van der Waals surface area contributed by atoms with Crippen LogP contribution in [-0.2, 0) is 6.42 Å². The van der Waals surface area contributed by atoms with Crippen molar-refractivity contribution in [1.29, 1.82) is 0 Å². The summed E-state index contributed by atoms with van der Waals surface area (Å²) in [5.74, 6) is 0.520. The molecule has 6 heteroatoms. The molecular weight excluding hydrogens is 388 g/mol. The van der Waals surface area contributed by atoms with Gasteiger partial charge in [-0.1, -0.05) is 20.8 Å². The monoisotopic (exact) mass is 416 g/mol. The van der Waals surface area contributed by atoms with Crippen LogP contribution in [-0.4, -0.2) is 46.3 Å². The molecule has 6 nitrogen and oxygen atoms in total. The number of amides is 2. The summed E-state index contributed by atoms with van der Waals surface area (Å²) in [7, 11) is 0. The van der Waals surface area contributed by atoms with Crippen molar-refractivity contribution >= 4 is 22.7 Å². The van der Waals surface area contributed by atoms with Gasteiger partial charge in [0.2, 0.25) is 0 Å². The molecule has 1 aliphatic rings. The third kappa shape index (κ3) is 4.29. The normalized spacial score (nSPS) is 14.0. The van der Waals surface area contributed by atoms with Gasteiger partial charge in [0.1, 0.15) is 0 Å². The van der Waals surface area contributed by atoms with Gasteiger partial charge in [0.25, 0.3) is 11.8 Å². The fourth-order valence-corrected chi connectivity index (χ4v) is 4.09. The zero-order valence-electron chi connectivity index (χ0n) is 18.3. The van der Waals surface area contributed by atoms with E-state index >= 15 is 0 Å². The standard InChI is InChI=1S/C25H28N4O2/c1-4-17-11-21-20(16(2)3)7-10-27-23(21)22(12-17)24(30)28-13-18-14-29(15-18)25(31)19-5-8-26-9-6-19/h5-12,16,18H,4,13-15H2,1-3H3,(H,28,30). The molecule has 2 aromatic heterocycles. The van der Waals surface area contributed by atoms with Crippen LogP contribution in [0.15, 0.2) is 48.9 Å². The third-order valence-corrected chi connectivity index (χ3v) is 5.94. The van der Waals surface area contributed by atoms with Crippen LogP contribution in [0.2, 0.25) is 0 Å². The van der Waals surface area contributed by atoms with E-state index in [1.165, 1.54) is 5.56 Å². The van der Waals surface area contributed by atoms with E-state index in [-0.39, 0.29) is 17.7 Å². The number of rotatable bonds is 6. The van der Waals surface area contributed by atoms with E-state index in [4.69, 9.17) is 0 Å². The largest absolute Gasteiger partial charge is 0.352 e. The number of hydrogen-bond donors (Lipinski definition) is 1. The Morgan fingerprint density at radius 2 is 1.87 bits per heavy atom. The Morgan fingerprint density at radius 3 is 2.55 bits per heavy atom. The van der Waals surface area contributed by atoms with Crippen LogP contribution in [0, 0.1) is 5.92 Å². The Kier molecular flexibility index (Phi) is 5.98. The van der Waals surface area contributed by atoms with Crippen molar-refractivity contribution in [3.05, 3.63) is 71.2 Å². The first-order valence-electron chi connectivity index (χ1n) is 10.9. The van der Waals surface area contributed by atoms with Crippen LogP contribution in [0.1, 0.15) is 58.5 Å². The predicted octanol–water partition coefficient (Wildman–Crippen LogP) is 3.82. The molecule has 0 bridgehead atoms. The highest BCUT2D eigenvalue weighted by Gasteiger charge is 2.31. The van der Waals surface area contributed by atoms with E-state index in [1.54, 1.807) is 35.6 Å². The van der Waals surface area contributed by atoms with Gasteiger partial charge in [0.15, 0.2) is 0 Å². The number of carbonyl (C=O) groups excluding carboxylic acids is 2. The first-order chi connectivity index (χ1) is 15.0. The first-order valence-corrected chi connectivity index (χ1v) is 10.9. The minimum atomic E-state index is -0.104. The van der Waals surface area contributed by atoms with Gasteiger partial charge in [-0.15, -0.1) is 0 Å². The van der Waals surface area contributed by atoms with Crippen molar-refractivity contribution in [3.8, 4) is 0 Å². The molecule has 1 fully saturated rings. The Bertz CT molecular complexity index is 1110. The van der Waals surface area contributed by atoms with Crippen molar-refractivity contribution in [2.24, 2.45) is 5.92 Å². The topological polar surface area (TPSA) is 75.2 Å². The van der Waals surface area contributed by atoms with E-state index in [0.717, 1.165) is 22.9 Å². The minimum Gasteiger partial charge on any atom is -0.352 e. The molecule has 0 radical (unpaired) electrons. The van der Waals surface area contributed by atoms with Gasteiger partial charge in [-0.3, -0.25) is 19.6 Å². The van der Waals surface area contributed by atoms with Gasteiger partial charge in [-0.25, -0.2) is 0 Å². The smallest absolute Gasteiger partial charge is 0.253 e. The van der Waals surface area contributed by atoms with E-state index in [2.05, 4.69) is 42.1 Å². The van der Waals surface area contributed by atoms with Gasteiger partial charge in [0, 0.05) is 55.1 Å². The maximum absolute atomic E-state index is 13.1. The van der Waals surface area contributed by atoms with Crippen LogP contribution in [0.4, 0.5) is 0 Å². The molecule has 0 unspecified atom stereocenters. The van der Waals surface area contributed by atoms with Crippen LogP contribution in [0.5, 0.6) is 0 Å². The first kappa shape index (κ1) is 21.0. The fraction of sp³-hybridized carbons (Fsp3) is 0.360. The van der Waals surface area contributed by atoms with Gasteiger partial charge in [0.05, 0.1) is 11.1 Å². The molecule has 3 heterocycles. The number of likely N-dealkylation sites (tertiary alicyclic amines) is 1. The quantitative estimate of drug-likeness (QED) is 0.663. The highest BCUT2D eigenvalue weighted by Crippen LogP contribution is 2.28. The molecule has 4 rings (SSSR count). The van der Waals surface area contributed by atoms with Crippen molar-refractivity contribution in [3.63, 3.8) is 0 Å². The summed E-state index contributed by atoms with van der Waals surface area (Å²) in [5, 5.41) is 4.12. The molecule has 1 saturated heterocycles. The second-order valence-electron chi connectivity index (χ2n) is 8.47. The van der Waals surface area contributed by atoms with Crippen LogP contribution >= 0.6 is 0 Å². The number of carbonyl (C=O) groups is 2. The Balaban J connectivity index is 1.44. The second-order valence-corrected chi connectivity index (χ2v) is 8.47. The summed E-state index contributed by atoms with van der Waals surface area (Å²) < 4.78 is 0. The molecule has 160 valence electrons. The van der Waals surface area contributed by atoms with E-state index in [0.29, 0.717) is 36.7 Å². The highest BCUT2D eigenvalue weighted by molar-refractivity contribution is 6.06. The Hall–Kier alpha value is -3.28. The van der Waals surface area contributed by atoms with Gasteiger partial charge in [-0.05, 0) is 53.8 Å². The zero-order chi connectivity index (χ0) is 22.0. The van der Waals surface area contributed by atoms with E-state index in [1.807, 2.05) is 12.1 Å². The molecule has 0 saturated carbocycles. The van der Waals surface area contributed by atoms with Crippen LogP contribution in [0.25, 0.3) is 10.9 Å². The predicted molar refractivity (Wildman–Crippen MR) is 121 cm³/mol. The number of benzene rings is 1.